The van der Waals surface area contributed by atoms with Gasteiger partial charge in [-0.15, -0.1) is 0 Å². The molecule has 65 heavy (non-hydrogen) atoms. The van der Waals surface area contributed by atoms with Crippen LogP contribution in [0.25, 0.3) is 0 Å². The molecule has 0 aliphatic carbocycles. The molecular weight excluding hydrogens is 805 g/mol. The minimum atomic E-state index is -0.759. The molecule has 1 unspecified atom stereocenters. The molecule has 0 saturated carbocycles. The molecule has 386 valence electrons. The van der Waals surface area contributed by atoms with E-state index >= 15 is 0 Å². The maximum absolute atomic E-state index is 12.7. The Hall–Kier alpha value is -1.59. The fraction of sp³-hybridized carbons (Fsp3) is 0.949. The van der Waals surface area contributed by atoms with Gasteiger partial charge in [0.15, 0.2) is 6.10 Å². The summed E-state index contributed by atoms with van der Waals surface area (Å²) in [6.07, 6.45) is 61.3. The lowest BCUT2D eigenvalue weighted by atomic mass is 10.0. The Morgan fingerprint density at radius 2 is 0.415 bits per heavy atom. The van der Waals surface area contributed by atoms with Crippen molar-refractivity contribution in [1.82, 2.24) is 0 Å². The highest BCUT2D eigenvalue weighted by Gasteiger charge is 2.19. The van der Waals surface area contributed by atoms with Gasteiger partial charge in [0, 0.05) is 19.3 Å². The normalized spacial score (nSPS) is 11.9. The van der Waals surface area contributed by atoms with Gasteiger partial charge in [-0.25, -0.2) is 0 Å². The van der Waals surface area contributed by atoms with Gasteiger partial charge in [0.1, 0.15) is 13.2 Å². The molecule has 0 aromatic heterocycles. The van der Waals surface area contributed by atoms with E-state index < -0.39 is 6.10 Å². The number of rotatable bonds is 55. The maximum Gasteiger partial charge on any atom is 0.306 e. The summed E-state index contributed by atoms with van der Waals surface area (Å²) in [7, 11) is 0. The molecule has 0 bridgehead atoms. The van der Waals surface area contributed by atoms with Crippen molar-refractivity contribution in [3.63, 3.8) is 0 Å². The first-order valence-corrected chi connectivity index (χ1v) is 29.5. The van der Waals surface area contributed by atoms with E-state index in [0.29, 0.717) is 19.3 Å². The van der Waals surface area contributed by atoms with Gasteiger partial charge in [0.25, 0.3) is 0 Å². The molecule has 0 aliphatic rings. The van der Waals surface area contributed by atoms with E-state index in [0.717, 1.165) is 57.8 Å². The minimum Gasteiger partial charge on any atom is -0.462 e. The summed E-state index contributed by atoms with van der Waals surface area (Å²) in [5.41, 5.74) is 0. The van der Waals surface area contributed by atoms with Gasteiger partial charge in [-0.2, -0.15) is 0 Å². The fourth-order valence-corrected chi connectivity index (χ4v) is 9.15. The minimum absolute atomic E-state index is 0.0619. The Balaban J connectivity index is 4.01. The van der Waals surface area contributed by atoms with Crippen LogP contribution in [0.1, 0.15) is 342 Å². The van der Waals surface area contributed by atoms with E-state index in [1.165, 1.54) is 244 Å². The predicted molar refractivity (Wildman–Crippen MR) is 280 cm³/mol. The van der Waals surface area contributed by atoms with E-state index in [9.17, 15) is 14.4 Å². The summed E-state index contributed by atoms with van der Waals surface area (Å²) >= 11 is 0. The first-order chi connectivity index (χ1) is 32.0. The summed E-state index contributed by atoms with van der Waals surface area (Å²) < 4.78 is 16.8. The Morgan fingerprint density at radius 1 is 0.246 bits per heavy atom. The molecule has 6 heteroatoms. The van der Waals surface area contributed by atoms with Crippen molar-refractivity contribution in [3.8, 4) is 0 Å². The van der Waals surface area contributed by atoms with E-state index in [4.69, 9.17) is 14.2 Å². The molecule has 0 aliphatic heterocycles. The molecule has 0 N–H and O–H groups in total. The summed E-state index contributed by atoms with van der Waals surface area (Å²) in [4.78, 5) is 37.9. The number of hydrogen-bond donors (Lipinski definition) is 0. The second kappa shape index (κ2) is 55.0. The van der Waals surface area contributed by atoms with Crippen LogP contribution in [0, 0.1) is 0 Å². The molecule has 0 amide bonds. The van der Waals surface area contributed by atoms with Crippen LogP contribution in [-0.2, 0) is 28.6 Å². The quantitative estimate of drug-likeness (QED) is 0.0344. The molecule has 0 spiro atoms. The Bertz CT molecular complexity index is 967. The Labute approximate surface area is 406 Å². The van der Waals surface area contributed by atoms with Gasteiger partial charge in [-0.3, -0.25) is 14.4 Å². The smallest absolute Gasteiger partial charge is 0.306 e. The molecule has 0 saturated heterocycles. The summed E-state index contributed by atoms with van der Waals surface area (Å²) in [6, 6.07) is 0. The first-order valence-electron chi connectivity index (χ1n) is 29.5. The van der Waals surface area contributed by atoms with Crippen LogP contribution in [0.5, 0.6) is 0 Å². The summed E-state index contributed by atoms with van der Waals surface area (Å²) in [5, 5.41) is 0. The van der Waals surface area contributed by atoms with Crippen LogP contribution in [0.15, 0.2) is 0 Å². The third-order valence-electron chi connectivity index (χ3n) is 13.6. The highest BCUT2D eigenvalue weighted by Crippen LogP contribution is 2.18. The van der Waals surface area contributed by atoms with E-state index in [2.05, 4.69) is 20.8 Å². The molecule has 0 rings (SSSR count). The molecule has 6 nitrogen and oxygen atoms in total. The molecule has 1 atom stereocenters. The number of hydrogen-bond acceptors (Lipinski definition) is 6. The lowest BCUT2D eigenvalue weighted by Gasteiger charge is -2.18. The van der Waals surface area contributed by atoms with Crippen molar-refractivity contribution in [3.05, 3.63) is 0 Å². The predicted octanol–water partition coefficient (Wildman–Crippen LogP) is 19.5. The molecule has 0 fully saturated rings. The topological polar surface area (TPSA) is 78.9 Å². The van der Waals surface area contributed by atoms with Gasteiger partial charge in [0.05, 0.1) is 0 Å². The number of carbonyl (C=O) groups is 3. The Morgan fingerprint density at radius 3 is 0.615 bits per heavy atom. The zero-order valence-corrected chi connectivity index (χ0v) is 44.3. The zero-order chi connectivity index (χ0) is 47.2. The molecule has 0 aromatic carbocycles. The van der Waals surface area contributed by atoms with Crippen molar-refractivity contribution in [1.29, 1.82) is 0 Å². The SMILES string of the molecule is CCCCCCCCCCCCCCCCCCCCCCCCCCCCCC(=O)OCC(COC(=O)CCCCCCCCCCCC)OC(=O)CCCCCCCCCCCC. The van der Waals surface area contributed by atoms with Crippen molar-refractivity contribution in [2.45, 2.75) is 348 Å². The van der Waals surface area contributed by atoms with Crippen LogP contribution >= 0.6 is 0 Å². The lowest BCUT2D eigenvalue weighted by molar-refractivity contribution is -0.167. The average Bonchev–Trinajstić information content (AvgIpc) is 3.30. The highest BCUT2D eigenvalue weighted by molar-refractivity contribution is 5.71. The van der Waals surface area contributed by atoms with Crippen LogP contribution in [0.3, 0.4) is 0 Å². The van der Waals surface area contributed by atoms with Crippen LogP contribution < -0.4 is 0 Å². The number of ether oxygens (including phenoxy) is 3. The van der Waals surface area contributed by atoms with Gasteiger partial charge in [-0.1, -0.05) is 303 Å². The number of carbonyl (C=O) groups excluding carboxylic acids is 3. The average molecular weight is 920 g/mol. The summed E-state index contributed by atoms with van der Waals surface area (Å²) in [5.74, 6) is -0.841. The monoisotopic (exact) mass is 919 g/mol. The largest absolute Gasteiger partial charge is 0.462 e. The lowest BCUT2D eigenvalue weighted by Crippen LogP contribution is -2.30. The number of unbranched alkanes of at least 4 members (excludes halogenated alkanes) is 44. The fourth-order valence-electron chi connectivity index (χ4n) is 9.15. The van der Waals surface area contributed by atoms with Crippen molar-refractivity contribution < 1.29 is 28.6 Å². The second-order valence-electron chi connectivity index (χ2n) is 20.3. The van der Waals surface area contributed by atoms with Gasteiger partial charge in [0.2, 0.25) is 0 Å². The van der Waals surface area contributed by atoms with Crippen LogP contribution in [0.2, 0.25) is 0 Å². The maximum atomic E-state index is 12.7. The zero-order valence-electron chi connectivity index (χ0n) is 44.3. The standard InChI is InChI=1S/C59H114O6/c1-4-7-10-13-16-19-22-23-24-25-26-27-28-29-30-31-32-33-34-35-36-37-38-41-43-46-49-52-58(61)64-55-56(65-59(62)53-50-47-44-40-21-18-15-12-9-6-3)54-63-57(60)51-48-45-42-39-20-17-14-11-8-5-2/h56H,4-55H2,1-3H3. The van der Waals surface area contributed by atoms with Crippen molar-refractivity contribution in [2.24, 2.45) is 0 Å². The van der Waals surface area contributed by atoms with Gasteiger partial charge < -0.3 is 14.2 Å². The summed E-state index contributed by atoms with van der Waals surface area (Å²) in [6.45, 7) is 6.67. The molecular formula is C59H114O6. The molecule has 0 aromatic rings. The van der Waals surface area contributed by atoms with Gasteiger partial charge in [-0.05, 0) is 19.3 Å². The third-order valence-corrected chi connectivity index (χ3v) is 13.6. The third kappa shape index (κ3) is 53.2. The van der Waals surface area contributed by atoms with E-state index in [1.807, 2.05) is 0 Å². The number of esters is 3. The van der Waals surface area contributed by atoms with Crippen molar-refractivity contribution >= 4 is 17.9 Å². The van der Waals surface area contributed by atoms with Gasteiger partial charge >= 0.3 is 17.9 Å². The van der Waals surface area contributed by atoms with Crippen molar-refractivity contribution in [2.75, 3.05) is 13.2 Å². The molecule has 0 radical (unpaired) electrons. The highest BCUT2D eigenvalue weighted by atomic mass is 16.6. The first kappa shape index (κ1) is 63.4. The second-order valence-corrected chi connectivity index (χ2v) is 20.3. The Kier molecular flexibility index (Phi) is 53.7. The van der Waals surface area contributed by atoms with Crippen LogP contribution in [0.4, 0.5) is 0 Å². The van der Waals surface area contributed by atoms with E-state index in [-0.39, 0.29) is 31.1 Å². The van der Waals surface area contributed by atoms with E-state index in [1.54, 1.807) is 0 Å². The molecule has 0 heterocycles. The van der Waals surface area contributed by atoms with Crippen LogP contribution in [-0.4, -0.2) is 37.2 Å².